The number of carboxylic acids is 1. The molecule has 0 radical (unpaired) electrons. The first kappa shape index (κ1) is 15.4. The van der Waals surface area contributed by atoms with Crippen LogP contribution in [0, 0.1) is 5.92 Å². The van der Waals surface area contributed by atoms with Gasteiger partial charge in [0.15, 0.2) is 0 Å². The highest BCUT2D eigenvalue weighted by molar-refractivity contribution is 5.81. The molecule has 0 aromatic carbocycles. The van der Waals surface area contributed by atoms with E-state index in [2.05, 4.69) is 5.32 Å². The van der Waals surface area contributed by atoms with Crippen LogP contribution in [0.3, 0.4) is 0 Å². The minimum atomic E-state index is -0.839. The SMILES string of the molecule is NC(=O)C1CCCN(C(=O)CNCCCC(=O)O)C1. The molecule has 0 aliphatic carbocycles. The number of piperidine rings is 1. The van der Waals surface area contributed by atoms with E-state index in [0.717, 1.165) is 12.8 Å². The number of nitrogens with zero attached hydrogens (tertiary/aromatic N) is 1. The summed E-state index contributed by atoms with van der Waals surface area (Å²) in [4.78, 5) is 34.9. The van der Waals surface area contributed by atoms with Crippen LogP contribution in [0.2, 0.25) is 0 Å². The Labute approximate surface area is 112 Å². The van der Waals surface area contributed by atoms with Crippen molar-refractivity contribution in [3.63, 3.8) is 0 Å². The van der Waals surface area contributed by atoms with Crippen LogP contribution in [0.1, 0.15) is 25.7 Å². The van der Waals surface area contributed by atoms with Gasteiger partial charge in [0.2, 0.25) is 11.8 Å². The standard InChI is InChI=1S/C12H21N3O4/c13-12(19)9-3-2-6-15(8-9)10(16)7-14-5-1-4-11(17)18/h9,14H,1-8H2,(H2,13,19)(H,17,18). The van der Waals surface area contributed by atoms with Crippen molar-refractivity contribution >= 4 is 17.8 Å². The van der Waals surface area contributed by atoms with Gasteiger partial charge in [-0.15, -0.1) is 0 Å². The number of amides is 2. The van der Waals surface area contributed by atoms with Gasteiger partial charge in [-0.2, -0.15) is 0 Å². The molecule has 0 saturated carbocycles. The predicted molar refractivity (Wildman–Crippen MR) is 68.2 cm³/mol. The van der Waals surface area contributed by atoms with E-state index in [-0.39, 0.29) is 30.7 Å². The maximum absolute atomic E-state index is 11.9. The summed E-state index contributed by atoms with van der Waals surface area (Å²) >= 11 is 0. The first-order valence-corrected chi connectivity index (χ1v) is 6.50. The number of aliphatic carboxylic acids is 1. The van der Waals surface area contributed by atoms with Crippen molar-refractivity contribution in [1.29, 1.82) is 0 Å². The average molecular weight is 271 g/mol. The molecule has 1 aliphatic heterocycles. The van der Waals surface area contributed by atoms with Crippen LogP contribution in [0.15, 0.2) is 0 Å². The highest BCUT2D eigenvalue weighted by atomic mass is 16.4. The van der Waals surface area contributed by atoms with Gasteiger partial charge in [0.25, 0.3) is 0 Å². The lowest BCUT2D eigenvalue weighted by Crippen LogP contribution is -2.47. The van der Waals surface area contributed by atoms with Crippen molar-refractivity contribution in [2.75, 3.05) is 26.2 Å². The normalized spacial score (nSPS) is 19.2. The Kier molecular flexibility index (Phi) is 6.27. The van der Waals surface area contributed by atoms with Gasteiger partial charge < -0.3 is 21.1 Å². The zero-order chi connectivity index (χ0) is 14.3. The van der Waals surface area contributed by atoms with Crippen molar-refractivity contribution in [2.45, 2.75) is 25.7 Å². The number of carboxylic acid groups (broad SMARTS) is 1. The summed E-state index contributed by atoms with van der Waals surface area (Å²) in [6.45, 7) is 1.71. The Bertz CT molecular complexity index is 346. The molecule has 0 aromatic heterocycles. The molecule has 1 fully saturated rings. The molecule has 108 valence electrons. The summed E-state index contributed by atoms with van der Waals surface area (Å²) in [5.74, 6) is -1.51. The van der Waals surface area contributed by atoms with Crippen LogP contribution in [0.25, 0.3) is 0 Å². The number of hydrogen-bond donors (Lipinski definition) is 3. The van der Waals surface area contributed by atoms with Crippen molar-refractivity contribution in [2.24, 2.45) is 11.7 Å². The summed E-state index contributed by atoms with van der Waals surface area (Å²) in [6, 6.07) is 0. The number of primary amides is 1. The molecule has 1 heterocycles. The molecule has 7 heteroatoms. The van der Waals surface area contributed by atoms with E-state index in [1.54, 1.807) is 4.90 Å². The zero-order valence-electron chi connectivity index (χ0n) is 10.9. The summed E-state index contributed by atoms with van der Waals surface area (Å²) < 4.78 is 0. The highest BCUT2D eigenvalue weighted by Crippen LogP contribution is 2.15. The number of hydrogen-bond acceptors (Lipinski definition) is 4. The first-order chi connectivity index (χ1) is 9.00. The maximum Gasteiger partial charge on any atom is 0.303 e. The highest BCUT2D eigenvalue weighted by Gasteiger charge is 2.26. The minimum Gasteiger partial charge on any atom is -0.481 e. The third-order valence-electron chi connectivity index (χ3n) is 3.20. The van der Waals surface area contributed by atoms with Crippen molar-refractivity contribution in [3.8, 4) is 0 Å². The predicted octanol–water partition coefficient (Wildman–Crippen LogP) is -0.835. The molecule has 1 rings (SSSR count). The van der Waals surface area contributed by atoms with Gasteiger partial charge in [-0.05, 0) is 25.8 Å². The quantitative estimate of drug-likeness (QED) is 0.523. The van der Waals surface area contributed by atoms with E-state index in [0.29, 0.717) is 26.1 Å². The van der Waals surface area contributed by atoms with Crippen LogP contribution >= 0.6 is 0 Å². The Morgan fingerprint density at radius 1 is 1.37 bits per heavy atom. The maximum atomic E-state index is 11.9. The lowest BCUT2D eigenvalue weighted by molar-refractivity contribution is -0.137. The number of carbonyl (C=O) groups is 3. The number of carbonyl (C=O) groups excluding carboxylic acids is 2. The molecule has 1 unspecified atom stereocenters. The molecule has 0 aromatic rings. The van der Waals surface area contributed by atoms with E-state index >= 15 is 0 Å². The van der Waals surface area contributed by atoms with Gasteiger partial charge in [-0.25, -0.2) is 0 Å². The van der Waals surface area contributed by atoms with E-state index in [4.69, 9.17) is 10.8 Å². The summed E-state index contributed by atoms with van der Waals surface area (Å²) in [6.07, 6.45) is 2.12. The van der Waals surface area contributed by atoms with Gasteiger partial charge in [0.1, 0.15) is 0 Å². The van der Waals surface area contributed by atoms with E-state index < -0.39 is 5.97 Å². The number of rotatable bonds is 7. The van der Waals surface area contributed by atoms with Crippen LogP contribution in [-0.4, -0.2) is 54.0 Å². The van der Waals surface area contributed by atoms with Gasteiger partial charge in [-0.1, -0.05) is 0 Å². The Hall–Kier alpha value is -1.63. The van der Waals surface area contributed by atoms with E-state index in [1.807, 2.05) is 0 Å². The van der Waals surface area contributed by atoms with Crippen LogP contribution in [0.4, 0.5) is 0 Å². The second-order valence-electron chi connectivity index (χ2n) is 4.76. The Morgan fingerprint density at radius 2 is 2.11 bits per heavy atom. The Morgan fingerprint density at radius 3 is 2.74 bits per heavy atom. The fraction of sp³-hybridized carbons (Fsp3) is 0.750. The van der Waals surface area contributed by atoms with Crippen molar-refractivity contribution in [1.82, 2.24) is 10.2 Å². The third kappa shape index (κ3) is 5.69. The van der Waals surface area contributed by atoms with E-state index in [9.17, 15) is 14.4 Å². The monoisotopic (exact) mass is 271 g/mol. The van der Waals surface area contributed by atoms with Gasteiger partial charge >= 0.3 is 5.97 Å². The summed E-state index contributed by atoms with van der Waals surface area (Å²) in [7, 11) is 0. The lowest BCUT2D eigenvalue weighted by Gasteiger charge is -2.31. The minimum absolute atomic E-state index is 0.0683. The van der Waals surface area contributed by atoms with Crippen LogP contribution in [-0.2, 0) is 14.4 Å². The molecule has 1 saturated heterocycles. The first-order valence-electron chi connectivity index (χ1n) is 6.50. The lowest BCUT2D eigenvalue weighted by atomic mass is 9.97. The molecular weight excluding hydrogens is 250 g/mol. The smallest absolute Gasteiger partial charge is 0.303 e. The fourth-order valence-electron chi connectivity index (χ4n) is 2.11. The molecule has 0 bridgehead atoms. The molecule has 4 N–H and O–H groups in total. The Balaban J connectivity index is 2.21. The van der Waals surface area contributed by atoms with Gasteiger partial charge in [0, 0.05) is 19.5 Å². The van der Waals surface area contributed by atoms with E-state index in [1.165, 1.54) is 0 Å². The largest absolute Gasteiger partial charge is 0.481 e. The third-order valence-corrected chi connectivity index (χ3v) is 3.20. The number of likely N-dealkylation sites (tertiary alicyclic amines) is 1. The molecule has 1 atom stereocenters. The number of nitrogens with one attached hydrogen (secondary N) is 1. The van der Waals surface area contributed by atoms with Gasteiger partial charge in [0.05, 0.1) is 12.5 Å². The van der Waals surface area contributed by atoms with Crippen molar-refractivity contribution in [3.05, 3.63) is 0 Å². The second-order valence-corrected chi connectivity index (χ2v) is 4.76. The second kappa shape index (κ2) is 7.73. The molecule has 2 amide bonds. The van der Waals surface area contributed by atoms with Crippen molar-refractivity contribution < 1.29 is 19.5 Å². The van der Waals surface area contributed by atoms with Crippen LogP contribution in [0.5, 0.6) is 0 Å². The topological polar surface area (TPSA) is 113 Å². The molecule has 7 nitrogen and oxygen atoms in total. The molecular formula is C12H21N3O4. The van der Waals surface area contributed by atoms with Gasteiger partial charge in [-0.3, -0.25) is 14.4 Å². The molecule has 19 heavy (non-hydrogen) atoms. The zero-order valence-corrected chi connectivity index (χ0v) is 10.9. The fourth-order valence-corrected chi connectivity index (χ4v) is 2.11. The summed E-state index contributed by atoms with van der Waals surface area (Å²) in [5.41, 5.74) is 5.25. The summed E-state index contributed by atoms with van der Waals surface area (Å²) in [5, 5.41) is 11.4. The molecule has 0 spiro atoms. The average Bonchev–Trinajstić information content (AvgIpc) is 2.37. The molecule has 1 aliphatic rings. The number of nitrogens with two attached hydrogens (primary N) is 1. The van der Waals surface area contributed by atoms with Crippen LogP contribution < -0.4 is 11.1 Å².